The largest absolute Gasteiger partial charge is 0.350 e. The molecular weight excluding hydrogens is 288 g/mol. The second-order valence-electron chi connectivity index (χ2n) is 6.26. The van der Waals surface area contributed by atoms with Crippen molar-refractivity contribution >= 4 is 5.91 Å². The Balaban J connectivity index is 1.55. The SMILES string of the molecule is C[C@H](c1ccccc1)N1CC[C@H](NC(=O)[C@H](C)n2ccnc2)C1. The summed E-state index contributed by atoms with van der Waals surface area (Å²) in [5.74, 6) is 0.0576. The third kappa shape index (κ3) is 3.62. The summed E-state index contributed by atoms with van der Waals surface area (Å²) < 4.78 is 1.83. The molecule has 0 unspecified atom stereocenters. The molecule has 0 aliphatic carbocycles. The number of likely N-dealkylation sites (tertiary alicyclic amines) is 1. The molecule has 1 saturated heterocycles. The van der Waals surface area contributed by atoms with Gasteiger partial charge in [0.05, 0.1) is 6.33 Å². The van der Waals surface area contributed by atoms with E-state index < -0.39 is 0 Å². The Labute approximate surface area is 137 Å². The van der Waals surface area contributed by atoms with E-state index in [1.807, 2.05) is 23.8 Å². The van der Waals surface area contributed by atoms with Crippen molar-refractivity contribution < 1.29 is 4.79 Å². The zero-order valence-corrected chi connectivity index (χ0v) is 13.7. The molecule has 122 valence electrons. The van der Waals surface area contributed by atoms with Crippen LogP contribution in [0, 0.1) is 0 Å². The maximum atomic E-state index is 12.4. The van der Waals surface area contributed by atoms with Gasteiger partial charge in [0.15, 0.2) is 0 Å². The van der Waals surface area contributed by atoms with E-state index in [1.165, 1.54) is 5.56 Å². The Kier molecular flexibility index (Phi) is 4.76. The number of nitrogens with one attached hydrogen (secondary N) is 1. The van der Waals surface area contributed by atoms with Crippen molar-refractivity contribution in [3.05, 3.63) is 54.6 Å². The molecule has 0 radical (unpaired) electrons. The number of aromatic nitrogens is 2. The molecule has 23 heavy (non-hydrogen) atoms. The van der Waals surface area contributed by atoms with Crippen molar-refractivity contribution in [2.24, 2.45) is 0 Å². The van der Waals surface area contributed by atoms with Crippen LogP contribution in [0.25, 0.3) is 0 Å². The Morgan fingerprint density at radius 1 is 1.30 bits per heavy atom. The minimum atomic E-state index is -0.224. The summed E-state index contributed by atoms with van der Waals surface area (Å²) in [6.45, 7) is 6.04. The van der Waals surface area contributed by atoms with Gasteiger partial charge in [-0.05, 0) is 25.8 Å². The lowest BCUT2D eigenvalue weighted by Crippen LogP contribution is -2.40. The molecule has 3 atom stereocenters. The van der Waals surface area contributed by atoms with Gasteiger partial charge in [-0.15, -0.1) is 0 Å². The molecule has 1 aromatic heterocycles. The quantitative estimate of drug-likeness (QED) is 0.922. The van der Waals surface area contributed by atoms with E-state index in [-0.39, 0.29) is 18.0 Å². The fourth-order valence-corrected chi connectivity index (χ4v) is 3.15. The van der Waals surface area contributed by atoms with Gasteiger partial charge in [0.2, 0.25) is 5.91 Å². The van der Waals surface area contributed by atoms with Gasteiger partial charge < -0.3 is 9.88 Å². The Bertz CT molecular complexity index is 626. The van der Waals surface area contributed by atoms with E-state index in [0.717, 1.165) is 19.5 Å². The van der Waals surface area contributed by atoms with Crippen molar-refractivity contribution in [2.45, 2.75) is 38.4 Å². The van der Waals surface area contributed by atoms with Crippen molar-refractivity contribution in [3.8, 4) is 0 Å². The number of amides is 1. The molecule has 2 aromatic rings. The zero-order chi connectivity index (χ0) is 16.2. The van der Waals surface area contributed by atoms with Gasteiger partial charge in [0.25, 0.3) is 0 Å². The van der Waals surface area contributed by atoms with E-state index in [9.17, 15) is 4.79 Å². The van der Waals surface area contributed by atoms with Gasteiger partial charge in [-0.2, -0.15) is 0 Å². The minimum Gasteiger partial charge on any atom is -0.350 e. The van der Waals surface area contributed by atoms with Crippen LogP contribution in [0.4, 0.5) is 0 Å². The number of imidazole rings is 1. The first-order chi connectivity index (χ1) is 11.1. The molecule has 1 aliphatic rings. The summed E-state index contributed by atoms with van der Waals surface area (Å²) in [6.07, 6.45) is 6.20. The van der Waals surface area contributed by atoms with Gasteiger partial charge in [-0.25, -0.2) is 4.98 Å². The summed E-state index contributed by atoms with van der Waals surface area (Å²) >= 11 is 0. The molecule has 0 bridgehead atoms. The maximum absolute atomic E-state index is 12.4. The number of benzene rings is 1. The van der Waals surface area contributed by atoms with Crippen molar-refractivity contribution in [3.63, 3.8) is 0 Å². The number of nitrogens with zero attached hydrogens (tertiary/aromatic N) is 3. The van der Waals surface area contributed by atoms with E-state index >= 15 is 0 Å². The second-order valence-corrected chi connectivity index (χ2v) is 6.26. The third-order valence-corrected chi connectivity index (χ3v) is 4.75. The highest BCUT2D eigenvalue weighted by Gasteiger charge is 2.28. The van der Waals surface area contributed by atoms with Crippen LogP contribution >= 0.6 is 0 Å². The standard InChI is InChI=1S/C18H24N4O/c1-14(16-6-4-3-5-7-16)21-10-8-17(12-21)20-18(23)15(2)22-11-9-19-13-22/h3-7,9,11,13-15,17H,8,10,12H2,1-2H3,(H,20,23)/t14-,15+,17+/m1/s1. The highest BCUT2D eigenvalue weighted by Crippen LogP contribution is 2.24. The van der Waals surface area contributed by atoms with Crippen LogP contribution in [0.1, 0.15) is 37.9 Å². The second kappa shape index (κ2) is 6.96. The predicted molar refractivity (Wildman–Crippen MR) is 89.9 cm³/mol. The van der Waals surface area contributed by atoms with Crippen molar-refractivity contribution in [2.75, 3.05) is 13.1 Å². The van der Waals surface area contributed by atoms with Gasteiger partial charge in [-0.3, -0.25) is 9.69 Å². The van der Waals surface area contributed by atoms with Crippen LogP contribution in [-0.4, -0.2) is 39.5 Å². The molecule has 1 fully saturated rings. The van der Waals surface area contributed by atoms with Crippen molar-refractivity contribution in [1.29, 1.82) is 0 Å². The molecule has 1 amide bonds. The highest BCUT2D eigenvalue weighted by molar-refractivity contribution is 5.80. The fourth-order valence-electron chi connectivity index (χ4n) is 3.15. The van der Waals surface area contributed by atoms with Crippen LogP contribution in [0.3, 0.4) is 0 Å². The van der Waals surface area contributed by atoms with Crippen molar-refractivity contribution in [1.82, 2.24) is 19.8 Å². The molecule has 3 rings (SSSR count). The topological polar surface area (TPSA) is 50.2 Å². The van der Waals surface area contributed by atoms with E-state index in [0.29, 0.717) is 6.04 Å². The number of carbonyl (C=O) groups is 1. The summed E-state index contributed by atoms with van der Waals surface area (Å²) in [6, 6.07) is 10.9. The normalized spacial score (nSPS) is 21.0. The van der Waals surface area contributed by atoms with Crippen LogP contribution < -0.4 is 5.32 Å². The first kappa shape index (κ1) is 15.7. The lowest BCUT2D eigenvalue weighted by molar-refractivity contribution is -0.124. The van der Waals surface area contributed by atoms with E-state index in [1.54, 1.807) is 12.5 Å². The molecule has 1 aromatic carbocycles. The Morgan fingerprint density at radius 3 is 2.78 bits per heavy atom. The highest BCUT2D eigenvalue weighted by atomic mass is 16.2. The fraction of sp³-hybridized carbons (Fsp3) is 0.444. The molecule has 5 heteroatoms. The van der Waals surface area contributed by atoms with Gasteiger partial charge in [-0.1, -0.05) is 30.3 Å². The Morgan fingerprint density at radius 2 is 2.09 bits per heavy atom. The summed E-state index contributed by atoms with van der Waals surface area (Å²) in [7, 11) is 0. The molecule has 5 nitrogen and oxygen atoms in total. The van der Waals surface area contributed by atoms with Gasteiger partial charge in [0.1, 0.15) is 6.04 Å². The molecule has 1 N–H and O–H groups in total. The summed E-state index contributed by atoms with van der Waals surface area (Å²) in [5, 5.41) is 3.17. The maximum Gasteiger partial charge on any atom is 0.243 e. The number of hydrogen-bond acceptors (Lipinski definition) is 3. The first-order valence-electron chi connectivity index (χ1n) is 8.22. The average molecular weight is 312 g/mol. The molecule has 0 spiro atoms. The molecule has 0 saturated carbocycles. The van der Waals surface area contributed by atoms with E-state index in [2.05, 4.69) is 46.4 Å². The number of rotatable bonds is 5. The first-order valence-corrected chi connectivity index (χ1v) is 8.22. The average Bonchev–Trinajstić information content (AvgIpc) is 3.26. The predicted octanol–water partition coefficient (Wildman–Crippen LogP) is 2.40. The van der Waals surface area contributed by atoms with Crippen LogP contribution in [-0.2, 0) is 4.79 Å². The lowest BCUT2D eigenvalue weighted by atomic mass is 10.1. The summed E-state index contributed by atoms with van der Waals surface area (Å²) in [4.78, 5) is 18.8. The Hall–Kier alpha value is -2.14. The minimum absolute atomic E-state index is 0.0576. The zero-order valence-electron chi connectivity index (χ0n) is 13.7. The monoisotopic (exact) mass is 312 g/mol. The van der Waals surface area contributed by atoms with Crippen LogP contribution in [0.5, 0.6) is 0 Å². The van der Waals surface area contributed by atoms with Crippen LogP contribution in [0.2, 0.25) is 0 Å². The summed E-state index contributed by atoms with van der Waals surface area (Å²) in [5.41, 5.74) is 1.33. The third-order valence-electron chi connectivity index (χ3n) is 4.75. The smallest absolute Gasteiger partial charge is 0.243 e. The lowest BCUT2D eigenvalue weighted by Gasteiger charge is -2.25. The van der Waals surface area contributed by atoms with Gasteiger partial charge >= 0.3 is 0 Å². The number of carbonyl (C=O) groups excluding carboxylic acids is 1. The molecular formula is C18H24N4O. The molecule has 2 heterocycles. The van der Waals surface area contributed by atoms with Crippen LogP contribution in [0.15, 0.2) is 49.1 Å². The molecule has 1 aliphatic heterocycles. The number of hydrogen-bond donors (Lipinski definition) is 1. The van der Waals surface area contributed by atoms with E-state index in [4.69, 9.17) is 0 Å². The van der Waals surface area contributed by atoms with Gasteiger partial charge in [0, 0.05) is 37.6 Å².